The third-order valence-electron chi connectivity index (χ3n) is 5.40. The van der Waals surface area contributed by atoms with Crippen molar-refractivity contribution in [2.24, 2.45) is 0 Å². The average molecular weight is 499 g/mol. The van der Waals surface area contributed by atoms with Gasteiger partial charge < -0.3 is 5.32 Å². The van der Waals surface area contributed by atoms with Gasteiger partial charge in [0.25, 0.3) is 6.43 Å². The van der Waals surface area contributed by atoms with Crippen LogP contribution in [0.4, 0.5) is 19.0 Å². The predicted molar refractivity (Wildman–Crippen MR) is 127 cm³/mol. The third kappa shape index (κ3) is 5.81. The normalized spacial score (nSPS) is 18.2. The van der Waals surface area contributed by atoms with E-state index in [1.54, 1.807) is 6.92 Å². The maximum Gasteiger partial charge on any atom is 0.266 e. The zero-order valence-electron chi connectivity index (χ0n) is 18.7. The second-order valence-electron chi connectivity index (χ2n) is 7.46. The zero-order chi connectivity index (χ0) is 24.1. The second-order valence-corrected chi connectivity index (χ2v) is 9.51. The summed E-state index contributed by atoms with van der Waals surface area (Å²) in [6.45, 7) is 5.67. The van der Waals surface area contributed by atoms with Crippen LogP contribution in [0.3, 0.4) is 0 Å². The molecule has 1 aliphatic heterocycles. The van der Waals surface area contributed by atoms with E-state index in [0.29, 0.717) is 39.3 Å². The lowest BCUT2D eigenvalue weighted by Gasteiger charge is -2.23. The van der Waals surface area contributed by atoms with Crippen molar-refractivity contribution in [1.82, 2.24) is 15.0 Å². The number of halogens is 4. The largest absolute Gasteiger partial charge is 0.365 e. The quantitative estimate of drug-likeness (QED) is 0.416. The Morgan fingerprint density at radius 3 is 2.55 bits per heavy atom. The van der Waals surface area contributed by atoms with Crippen LogP contribution in [0.5, 0.6) is 0 Å². The first-order valence-corrected chi connectivity index (χ1v) is 12.7. The monoisotopic (exact) mass is 498 g/mol. The van der Waals surface area contributed by atoms with Crippen LogP contribution in [0.25, 0.3) is 11.0 Å². The van der Waals surface area contributed by atoms with Crippen molar-refractivity contribution < 1.29 is 17.4 Å². The lowest BCUT2D eigenvalue weighted by Crippen LogP contribution is -2.17. The number of pyridine rings is 1. The molecule has 0 unspecified atom stereocenters. The summed E-state index contributed by atoms with van der Waals surface area (Å²) in [6, 6.07) is 5.80. The van der Waals surface area contributed by atoms with E-state index in [2.05, 4.69) is 20.3 Å². The van der Waals surface area contributed by atoms with E-state index in [4.69, 9.17) is 11.6 Å². The number of hydrogen-bond donors (Lipinski definition) is 1. The first kappa shape index (κ1) is 25.4. The number of anilines is 1. The Morgan fingerprint density at radius 1 is 1.18 bits per heavy atom. The Morgan fingerprint density at radius 2 is 1.88 bits per heavy atom. The fraction of sp³-hybridized carbons (Fsp3) is 0.435. The Balaban J connectivity index is 0.00000149. The molecule has 4 rings (SSSR count). The minimum absolute atomic E-state index is 0.0294. The molecular weight excluding hydrogens is 473 g/mol. The van der Waals surface area contributed by atoms with Gasteiger partial charge in [-0.1, -0.05) is 43.6 Å². The van der Waals surface area contributed by atoms with Crippen LogP contribution < -0.4 is 5.32 Å². The molecule has 33 heavy (non-hydrogen) atoms. The minimum atomic E-state index is -2.89. The van der Waals surface area contributed by atoms with Crippen molar-refractivity contribution >= 4 is 39.3 Å². The Bertz CT molecular complexity index is 1150. The summed E-state index contributed by atoms with van der Waals surface area (Å²) in [7, 11) is -0.797. The number of fused-ring (bicyclic) bond motifs is 1. The van der Waals surface area contributed by atoms with Gasteiger partial charge in [0.15, 0.2) is 5.65 Å². The smallest absolute Gasteiger partial charge is 0.266 e. The van der Waals surface area contributed by atoms with Gasteiger partial charge in [-0.15, -0.1) is 0 Å². The predicted octanol–water partition coefficient (Wildman–Crippen LogP) is 6.33. The molecule has 0 saturated carbocycles. The summed E-state index contributed by atoms with van der Waals surface area (Å²) in [5, 5.41) is 4.01. The van der Waals surface area contributed by atoms with Gasteiger partial charge in [0.2, 0.25) is 0 Å². The van der Waals surface area contributed by atoms with Gasteiger partial charge in [0.05, 0.1) is 10.9 Å². The second kappa shape index (κ2) is 11.2. The lowest BCUT2D eigenvalue weighted by molar-refractivity contribution is 0.146. The van der Waals surface area contributed by atoms with Gasteiger partial charge in [0, 0.05) is 34.4 Å². The molecule has 1 N–H and O–H groups in total. The molecule has 3 heterocycles. The van der Waals surface area contributed by atoms with Gasteiger partial charge in [-0.25, -0.2) is 28.1 Å². The van der Waals surface area contributed by atoms with E-state index in [1.807, 2.05) is 19.9 Å². The van der Waals surface area contributed by atoms with Crippen LogP contribution in [0, 0.1) is 12.7 Å². The number of nitrogens with one attached hydrogen (secondary N) is 1. The van der Waals surface area contributed by atoms with E-state index in [9.17, 15) is 17.4 Å². The molecule has 1 fully saturated rings. The standard InChI is InChI=1S/C21H20ClF3N4OS.C2H6/c1-11-27-20(26-10-13-3-2-4-14(17(13)23)19(24)25)16-9-15(18(22)29-21(16)28-11)12-5-7-31(30)8-6-12;1-2/h2-4,9,12,19H,5-8,10H2,1H3,(H,26,27,28,29);1-2H3. The number of rotatable bonds is 5. The van der Waals surface area contributed by atoms with Gasteiger partial charge in [-0.3, -0.25) is 4.21 Å². The highest BCUT2D eigenvalue weighted by Crippen LogP contribution is 2.35. The van der Waals surface area contributed by atoms with E-state index < -0.39 is 28.6 Å². The average Bonchev–Trinajstić information content (AvgIpc) is 2.79. The van der Waals surface area contributed by atoms with Gasteiger partial charge >= 0.3 is 0 Å². The van der Waals surface area contributed by atoms with E-state index >= 15 is 0 Å². The van der Waals surface area contributed by atoms with Crippen molar-refractivity contribution in [2.45, 2.75) is 52.5 Å². The molecule has 10 heteroatoms. The molecule has 5 nitrogen and oxygen atoms in total. The fourth-order valence-electron chi connectivity index (χ4n) is 3.77. The van der Waals surface area contributed by atoms with Gasteiger partial charge in [-0.2, -0.15) is 0 Å². The van der Waals surface area contributed by atoms with Crippen molar-refractivity contribution in [3.63, 3.8) is 0 Å². The Labute approximate surface area is 198 Å². The van der Waals surface area contributed by atoms with Crippen LogP contribution in [-0.2, 0) is 17.3 Å². The number of aryl methyl sites for hydroxylation is 1. The zero-order valence-corrected chi connectivity index (χ0v) is 20.2. The van der Waals surface area contributed by atoms with Crippen LogP contribution in [-0.4, -0.2) is 30.7 Å². The molecule has 2 aromatic heterocycles. The summed E-state index contributed by atoms with van der Waals surface area (Å²) in [4.78, 5) is 13.2. The highest BCUT2D eigenvalue weighted by molar-refractivity contribution is 7.85. The van der Waals surface area contributed by atoms with E-state index in [-0.39, 0.29) is 18.0 Å². The topological polar surface area (TPSA) is 67.8 Å². The molecule has 0 amide bonds. The lowest BCUT2D eigenvalue weighted by atomic mass is 9.94. The molecule has 0 radical (unpaired) electrons. The Kier molecular flexibility index (Phi) is 8.64. The van der Waals surface area contributed by atoms with Crippen LogP contribution in [0.1, 0.15) is 61.5 Å². The van der Waals surface area contributed by atoms with Gasteiger partial charge in [-0.05, 0) is 37.3 Å². The minimum Gasteiger partial charge on any atom is -0.365 e. The number of benzene rings is 1. The van der Waals surface area contributed by atoms with Crippen molar-refractivity contribution in [3.8, 4) is 0 Å². The number of hydrogen-bond acceptors (Lipinski definition) is 5. The maximum absolute atomic E-state index is 14.4. The number of nitrogens with zero attached hydrogens (tertiary/aromatic N) is 3. The van der Waals surface area contributed by atoms with E-state index in [1.165, 1.54) is 12.1 Å². The van der Waals surface area contributed by atoms with Crippen molar-refractivity contribution in [3.05, 3.63) is 57.8 Å². The van der Waals surface area contributed by atoms with Crippen molar-refractivity contribution in [1.29, 1.82) is 0 Å². The van der Waals surface area contributed by atoms with Crippen molar-refractivity contribution in [2.75, 3.05) is 16.8 Å². The maximum atomic E-state index is 14.4. The van der Waals surface area contributed by atoms with Crippen LogP contribution in [0.15, 0.2) is 24.3 Å². The SMILES string of the molecule is CC.Cc1nc(NCc2cccc(C(F)F)c2F)c2cc(C3CCS(=O)CC3)c(Cl)nc2n1. The Hall–Kier alpha value is -2.26. The third-order valence-corrected chi connectivity index (χ3v) is 7.08. The molecule has 0 atom stereocenters. The highest BCUT2D eigenvalue weighted by atomic mass is 35.5. The number of aromatic nitrogens is 3. The molecule has 3 aromatic rings. The van der Waals surface area contributed by atoms with E-state index in [0.717, 1.165) is 24.5 Å². The molecule has 1 aromatic carbocycles. The highest BCUT2D eigenvalue weighted by Gasteiger charge is 2.24. The number of alkyl halides is 2. The first-order valence-electron chi connectivity index (χ1n) is 10.8. The molecule has 0 bridgehead atoms. The summed E-state index contributed by atoms with van der Waals surface area (Å²) < 4.78 is 52.1. The summed E-state index contributed by atoms with van der Waals surface area (Å²) >= 11 is 6.43. The van der Waals surface area contributed by atoms with Crippen LogP contribution in [0.2, 0.25) is 5.15 Å². The molecule has 0 aliphatic carbocycles. The summed E-state index contributed by atoms with van der Waals surface area (Å²) in [5.41, 5.74) is 0.713. The fourth-order valence-corrected chi connectivity index (χ4v) is 5.35. The molecule has 178 valence electrons. The molecule has 0 spiro atoms. The molecular formula is C23H26ClF3N4OS. The van der Waals surface area contributed by atoms with Crippen LogP contribution >= 0.6 is 11.6 Å². The molecule has 1 saturated heterocycles. The first-order chi connectivity index (χ1) is 15.8. The molecule has 1 aliphatic rings. The summed E-state index contributed by atoms with van der Waals surface area (Å²) in [6.07, 6.45) is -1.39. The van der Waals surface area contributed by atoms with Gasteiger partial charge in [0.1, 0.15) is 22.6 Å². The summed E-state index contributed by atoms with van der Waals surface area (Å²) in [5.74, 6) is 1.31.